The number of imidazole rings is 1. The molecule has 1 fully saturated rings. The molecule has 190 valence electrons. The molecular weight excluding hydrogens is 466 g/mol. The van der Waals surface area contributed by atoms with Crippen LogP contribution in [0.15, 0.2) is 54.2 Å². The summed E-state index contributed by atoms with van der Waals surface area (Å²) in [6.07, 6.45) is 11.4. The Hall–Kier alpha value is -2.77. The second-order valence-corrected chi connectivity index (χ2v) is 10.2. The summed E-state index contributed by atoms with van der Waals surface area (Å²) in [6, 6.07) is 10.6. The van der Waals surface area contributed by atoms with Gasteiger partial charge in [-0.25, -0.2) is 4.98 Å². The van der Waals surface area contributed by atoms with Gasteiger partial charge in [0, 0.05) is 38.4 Å². The van der Waals surface area contributed by atoms with E-state index in [0.717, 1.165) is 43.7 Å². The van der Waals surface area contributed by atoms with Crippen LogP contribution in [0.2, 0.25) is 0 Å². The standard InChI is InChI=1S/C27H31N5OS.C2H6/c1-18-5-7-22-21(14-18)15-20(6-8-24(30-33)25-16-31(2)17-29-25)23-4-3-11-28-27(23)26(22)19-9-12-32(34)13-10-19;1-2/h3-5,7,11,14-17,19,24,26,34H,6,8-10,12-13H2,1-2H3;1-2H3. The third-order valence-corrected chi connectivity index (χ3v) is 7.65. The van der Waals surface area contributed by atoms with Crippen molar-refractivity contribution in [3.8, 4) is 0 Å². The van der Waals surface area contributed by atoms with Crippen LogP contribution >= 0.6 is 12.8 Å². The molecule has 0 bridgehead atoms. The van der Waals surface area contributed by atoms with Gasteiger partial charge in [-0.2, -0.15) is 4.91 Å². The number of benzene rings is 1. The molecule has 0 amide bonds. The van der Waals surface area contributed by atoms with Gasteiger partial charge in [0.05, 0.1) is 17.7 Å². The number of thiol groups is 1. The lowest BCUT2D eigenvalue weighted by atomic mass is 9.76. The van der Waals surface area contributed by atoms with Crippen molar-refractivity contribution in [1.82, 2.24) is 18.8 Å². The molecule has 2 aromatic heterocycles. The van der Waals surface area contributed by atoms with Crippen LogP contribution in [-0.4, -0.2) is 31.9 Å². The van der Waals surface area contributed by atoms with E-state index in [1.807, 2.05) is 43.9 Å². The summed E-state index contributed by atoms with van der Waals surface area (Å²) in [5.74, 6) is 0.766. The molecule has 5 rings (SSSR count). The summed E-state index contributed by atoms with van der Waals surface area (Å²) in [4.78, 5) is 21.0. The first kappa shape index (κ1) is 26.3. The molecule has 0 spiro atoms. The van der Waals surface area contributed by atoms with Gasteiger partial charge >= 0.3 is 0 Å². The third-order valence-electron chi connectivity index (χ3n) is 7.25. The highest BCUT2D eigenvalue weighted by molar-refractivity contribution is 7.77. The van der Waals surface area contributed by atoms with Crippen LogP contribution in [0.5, 0.6) is 0 Å². The molecule has 0 saturated carbocycles. The molecule has 0 radical (unpaired) electrons. The molecule has 3 aromatic rings. The van der Waals surface area contributed by atoms with Gasteiger partial charge in [-0.3, -0.25) is 9.29 Å². The summed E-state index contributed by atoms with van der Waals surface area (Å²) >= 11 is 4.58. The van der Waals surface area contributed by atoms with Gasteiger partial charge in [0.25, 0.3) is 0 Å². The maximum atomic E-state index is 11.7. The second kappa shape index (κ2) is 12.0. The van der Waals surface area contributed by atoms with E-state index in [0.29, 0.717) is 12.3 Å². The van der Waals surface area contributed by atoms with Crippen molar-refractivity contribution in [3.05, 3.63) is 87.6 Å². The molecule has 3 heterocycles. The van der Waals surface area contributed by atoms with E-state index < -0.39 is 6.04 Å². The number of hydrogen-bond acceptors (Lipinski definition) is 6. The topological polar surface area (TPSA) is 63.4 Å². The highest BCUT2D eigenvalue weighted by atomic mass is 32.1. The summed E-state index contributed by atoms with van der Waals surface area (Å²) < 4.78 is 3.98. The summed E-state index contributed by atoms with van der Waals surface area (Å²) in [5.41, 5.74) is 8.16. The minimum Gasteiger partial charge on any atom is -0.340 e. The van der Waals surface area contributed by atoms with Crippen molar-refractivity contribution in [2.24, 2.45) is 18.1 Å². The second-order valence-electron chi connectivity index (χ2n) is 9.63. The molecule has 1 aliphatic heterocycles. The van der Waals surface area contributed by atoms with Crippen LogP contribution in [0, 0.1) is 17.7 Å². The molecule has 36 heavy (non-hydrogen) atoms. The first-order chi connectivity index (χ1) is 17.5. The molecule has 2 unspecified atom stereocenters. The molecule has 1 aromatic carbocycles. The Kier molecular flexibility index (Phi) is 8.75. The van der Waals surface area contributed by atoms with Crippen LogP contribution in [0.1, 0.15) is 85.1 Å². The first-order valence-corrected chi connectivity index (χ1v) is 13.4. The summed E-state index contributed by atoms with van der Waals surface area (Å²) in [6.45, 7) is 8.13. The van der Waals surface area contributed by atoms with Crippen LogP contribution in [0.4, 0.5) is 0 Å². The normalized spacial score (nSPS) is 18.7. The molecule has 1 saturated heterocycles. The van der Waals surface area contributed by atoms with E-state index in [1.54, 1.807) is 6.33 Å². The predicted octanol–water partition coefficient (Wildman–Crippen LogP) is 6.98. The van der Waals surface area contributed by atoms with Crippen LogP contribution in [0.25, 0.3) is 11.6 Å². The quantitative estimate of drug-likeness (QED) is 0.291. The number of pyridine rings is 1. The van der Waals surface area contributed by atoms with E-state index in [4.69, 9.17) is 4.98 Å². The Bertz CT molecular complexity index is 1210. The maximum absolute atomic E-state index is 11.7. The van der Waals surface area contributed by atoms with Crippen molar-refractivity contribution < 1.29 is 0 Å². The Morgan fingerprint density at radius 1 is 1.17 bits per heavy atom. The van der Waals surface area contributed by atoms with Crippen LogP contribution in [0.3, 0.4) is 0 Å². The van der Waals surface area contributed by atoms with Gasteiger partial charge in [0.2, 0.25) is 0 Å². The maximum Gasteiger partial charge on any atom is 0.136 e. The number of nitrogens with zero attached hydrogens (tertiary/aromatic N) is 5. The van der Waals surface area contributed by atoms with E-state index in [2.05, 4.69) is 64.5 Å². The monoisotopic (exact) mass is 503 g/mol. The molecule has 6 nitrogen and oxygen atoms in total. The number of fused-ring (bicyclic) bond motifs is 2. The average molecular weight is 504 g/mol. The van der Waals surface area contributed by atoms with Gasteiger partial charge in [-0.05, 0) is 66.9 Å². The number of allylic oxidation sites excluding steroid dienone is 1. The fourth-order valence-corrected chi connectivity index (χ4v) is 5.74. The highest BCUT2D eigenvalue weighted by Gasteiger charge is 2.34. The van der Waals surface area contributed by atoms with E-state index in [-0.39, 0.29) is 5.92 Å². The van der Waals surface area contributed by atoms with Gasteiger partial charge in [-0.15, -0.1) is 0 Å². The van der Waals surface area contributed by atoms with Crippen molar-refractivity contribution >= 4 is 24.5 Å². The Morgan fingerprint density at radius 2 is 1.94 bits per heavy atom. The minimum atomic E-state index is -0.460. The number of nitroso groups, excluding NO2 is 1. The Labute approximate surface area is 220 Å². The zero-order valence-electron chi connectivity index (χ0n) is 21.8. The lowest BCUT2D eigenvalue weighted by molar-refractivity contribution is 0.271. The lowest BCUT2D eigenvalue weighted by Crippen LogP contribution is -2.31. The highest BCUT2D eigenvalue weighted by Crippen LogP contribution is 2.45. The lowest BCUT2D eigenvalue weighted by Gasteiger charge is -2.34. The van der Waals surface area contributed by atoms with Crippen molar-refractivity contribution in [2.45, 2.75) is 58.4 Å². The SMILES string of the molecule is CC.Cc1ccc2c(c1)C=C(CCC(N=O)c1cn(C)cn1)c1cccnc1C2C1CCN(S)CC1. The van der Waals surface area contributed by atoms with E-state index in [9.17, 15) is 4.91 Å². The number of aromatic nitrogens is 3. The number of hydrogen-bond donors (Lipinski definition) is 1. The first-order valence-electron chi connectivity index (χ1n) is 13.0. The molecule has 1 aliphatic carbocycles. The Balaban J connectivity index is 0.00000148. The molecule has 7 heteroatoms. The van der Waals surface area contributed by atoms with Crippen LogP contribution in [-0.2, 0) is 7.05 Å². The van der Waals surface area contributed by atoms with Gasteiger partial charge < -0.3 is 4.57 Å². The molecule has 2 aliphatic rings. The van der Waals surface area contributed by atoms with E-state index in [1.165, 1.54) is 27.8 Å². The largest absolute Gasteiger partial charge is 0.340 e. The molecular formula is C29H37N5OS. The van der Waals surface area contributed by atoms with Gasteiger partial charge in [0.1, 0.15) is 6.04 Å². The third kappa shape index (κ3) is 5.62. The number of piperidine rings is 1. The zero-order valence-corrected chi connectivity index (χ0v) is 22.7. The number of aryl methyl sites for hydroxylation is 2. The minimum absolute atomic E-state index is 0.248. The van der Waals surface area contributed by atoms with Gasteiger partial charge in [-0.1, -0.05) is 67.7 Å². The number of rotatable bonds is 6. The fraction of sp³-hybridized carbons (Fsp3) is 0.448. The smallest absolute Gasteiger partial charge is 0.136 e. The van der Waals surface area contributed by atoms with Crippen LogP contribution < -0.4 is 0 Å². The Morgan fingerprint density at radius 3 is 2.64 bits per heavy atom. The average Bonchev–Trinajstić information content (AvgIpc) is 3.28. The fourth-order valence-electron chi connectivity index (χ4n) is 5.51. The zero-order chi connectivity index (χ0) is 25.7. The predicted molar refractivity (Wildman–Crippen MR) is 151 cm³/mol. The van der Waals surface area contributed by atoms with E-state index >= 15 is 0 Å². The molecule has 0 N–H and O–H groups in total. The summed E-state index contributed by atoms with van der Waals surface area (Å²) in [7, 11) is 1.91. The molecule has 2 atom stereocenters. The van der Waals surface area contributed by atoms with Crippen molar-refractivity contribution in [2.75, 3.05) is 13.1 Å². The van der Waals surface area contributed by atoms with Crippen molar-refractivity contribution in [1.29, 1.82) is 0 Å². The van der Waals surface area contributed by atoms with Gasteiger partial charge in [0.15, 0.2) is 0 Å². The van der Waals surface area contributed by atoms with Crippen molar-refractivity contribution in [3.63, 3.8) is 0 Å². The summed E-state index contributed by atoms with van der Waals surface area (Å²) in [5, 5.41) is 3.41.